The molecule has 3 rings (SSSR count). The molecule has 2 aromatic rings. The van der Waals surface area contributed by atoms with Gasteiger partial charge in [0.1, 0.15) is 5.82 Å². The number of halogens is 1. The number of hydrogen-bond acceptors (Lipinski definition) is 6. The van der Waals surface area contributed by atoms with Crippen LogP contribution < -0.4 is 5.32 Å². The number of ether oxygens (including phenoxy) is 1. The van der Waals surface area contributed by atoms with Gasteiger partial charge in [-0.25, -0.2) is 26.9 Å². The van der Waals surface area contributed by atoms with E-state index < -0.39 is 16.0 Å². The van der Waals surface area contributed by atoms with E-state index in [9.17, 15) is 17.6 Å². The molecule has 2 heterocycles. The smallest absolute Gasteiger partial charge is 0.359 e. The quantitative estimate of drug-likeness (QED) is 0.642. The second-order valence-corrected chi connectivity index (χ2v) is 9.20. The summed E-state index contributed by atoms with van der Waals surface area (Å²) in [6, 6.07) is 7.99. The van der Waals surface area contributed by atoms with Crippen LogP contribution in [0.4, 0.5) is 10.1 Å². The summed E-state index contributed by atoms with van der Waals surface area (Å²) in [4.78, 5) is 16.5. The zero-order chi connectivity index (χ0) is 21.6. The third kappa shape index (κ3) is 5.76. The number of carbonyl (C=O) groups excluding carboxylic acids is 1. The van der Waals surface area contributed by atoms with Crippen molar-refractivity contribution in [3.8, 4) is 0 Å². The zero-order valence-electron chi connectivity index (χ0n) is 16.9. The van der Waals surface area contributed by atoms with Crippen molar-refractivity contribution in [1.29, 1.82) is 0 Å². The normalized spacial score (nSPS) is 16.2. The number of esters is 1. The number of hydrogen-bond donors (Lipinski definition) is 1. The Balaban J connectivity index is 1.74. The molecule has 0 amide bonds. The topological polar surface area (TPSA) is 88.6 Å². The summed E-state index contributed by atoms with van der Waals surface area (Å²) in [7, 11) is -3.21. The lowest BCUT2D eigenvalue weighted by molar-refractivity contribution is 0.0520. The van der Waals surface area contributed by atoms with E-state index in [4.69, 9.17) is 4.74 Å². The van der Waals surface area contributed by atoms with Crippen molar-refractivity contribution in [2.75, 3.05) is 37.3 Å². The maximum absolute atomic E-state index is 13.1. The first-order chi connectivity index (χ1) is 14.4. The van der Waals surface area contributed by atoms with Crippen molar-refractivity contribution in [2.45, 2.75) is 26.2 Å². The fraction of sp³-hybridized carbons (Fsp3) is 0.429. The Bertz CT molecular complexity index is 980. The second-order valence-electron chi connectivity index (χ2n) is 7.11. The standard InChI is InChI=1S/C21H26FN3O4S/c1-2-29-21(26)20-19(23-9-11-25-10-3-4-12-30(25,27)28)14-17(15-24-20)13-16-5-7-18(22)8-6-16/h5-8,14-15,23H,2-4,9-13H2,1H3. The van der Waals surface area contributed by atoms with E-state index in [1.807, 2.05) is 0 Å². The lowest BCUT2D eigenvalue weighted by Gasteiger charge is -2.26. The van der Waals surface area contributed by atoms with Crippen molar-refractivity contribution < 1.29 is 22.3 Å². The second kappa shape index (κ2) is 9.99. The Kier molecular flexibility index (Phi) is 7.38. The number of rotatable bonds is 8. The van der Waals surface area contributed by atoms with Crippen LogP contribution in [0.3, 0.4) is 0 Å². The minimum absolute atomic E-state index is 0.154. The van der Waals surface area contributed by atoms with E-state index in [1.54, 1.807) is 31.3 Å². The summed E-state index contributed by atoms with van der Waals surface area (Å²) in [5, 5.41) is 3.14. The lowest BCUT2D eigenvalue weighted by Crippen LogP contribution is -2.40. The van der Waals surface area contributed by atoms with Crippen LogP contribution in [-0.2, 0) is 21.2 Å². The first-order valence-electron chi connectivity index (χ1n) is 10.0. The van der Waals surface area contributed by atoms with Crippen LogP contribution in [0, 0.1) is 5.82 Å². The molecular formula is C21H26FN3O4S. The molecule has 1 aromatic heterocycles. The fourth-order valence-corrected chi connectivity index (χ4v) is 4.95. The van der Waals surface area contributed by atoms with Crippen molar-refractivity contribution in [3.05, 3.63) is 59.2 Å². The van der Waals surface area contributed by atoms with E-state index in [2.05, 4.69) is 10.3 Å². The lowest BCUT2D eigenvalue weighted by atomic mass is 10.1. The van der Waals surface area contributed by atoms with Gasteiger partial charge in [-0.1, -0.05) is 12.1 Å². The maximum atomic E-state index is 13.1. The van der Waals surface area contributed by atoms with Crippen molar-refractivity contribution in [3.63, 3.8) is 0 Å². The van der Waals surface area contributed by atoms with Gasteiger partial charge in [0.2, 0.25) is 10.0 Å². The third-order valence-electron chi connectivity index (χ3n) is 4.86. The van der Waals surface area contributed by atoms with E-state index in [0.717, 1.165) is 17.5 Å². The molecule has 1 saturated heterocycles. The van der Waals surface area contributed by atoms with E-state index >= 15 is 0 Å². The van der Waals surface area contributed by atoms with E-state index in [0.29, 0.717) is 38.2 Å². The summed E-state index contributed by atoms with van der Waals surface area (Å²) in [5.74, 6) is -0.668. The van der Waals surface area contributed by atoms with Gasteiger partial charge in [-0.3, -0.25) is 0 Å². The summed E-state index contributed by atoms with van der Waals surface area (Å²) >= 11 is 0. The first-order valence-corrected chi connectivity index (χ1v) is 11.6. The molecule has 0 unspecified atom stereocenters. The van der Waals surface area contributed by atoms with Crippen LogP contribution in [0.15, 0.2) is 36.5 Å². The maximum Gasteiger partial charge on any atom is 0.359 e. The SMILES string of the molecule is CCOC(=O)c1ncc(Cc2ccc(F)cc2)cc1NCCN1CCCCS1(=O)=O. The van der Waals surface area contributed by atoms with Gasteiger partial charge in [0.15, 0.2) is 5.69 Å². The molecule has 0 aliphatic carbocycles. The molecule has 7 nitrogen and oxygen atoms in total. The molecule has 0 atom stereocenters. The predicted molar refractivity (Wildman–Crippen MR) is 112 cm³/mol. The van der Waals surface area contributed by atoms with Crippen LogP contribution in [0.1, 0.15) is 41.4 Å². The highest BCUT2D eigenvalue weighted by Crippen LogP contribution is 2.20. The average Bonchev–Trinajstić information content (AvgIpc) is 2.71. The van der Waals surface area contributed by atoms with E-state index in [1.165, 1.54) is 16.4 Å². The number of anilines is 1. The van der Waals surface area contributed by atoms with Gasteiger partial charge in [0, 0.05) is 25.8 Å². The molecular weight excluding hydrogens is 409 g/mol. The van der Waals surface area contributed by atoms with Gasteiger partial charge in [-0.15, -0.1) is 0 Å². The molecule has 30 heavy (non-hydrogen) atoms. The van der Waals surface area contributed by atoms with Gasteiger partial charge in [-0.05, 0) is 55.5 Å². The zero-order valence-corrected chi connectivity index (χ0v) is 17.8. The molecule has 1 N–H and O–H groups in total. The minimum atomic E-state index is -3.21. The van der Waals surface area contributed by atoms with Crippen molar-refractivity contribution in [1.82, 2.24) is 9.29 Å². The Morgan fingerprint density at radius 2 is 2.00 bits per heavy atom. The fourth-order valence-electron chi connectivity index (χ4n) is 3.35. The molecule has 162 valence electrons. The van der Waals surface area contributed by atoms with Gasteiger partial charge >= 0.3 is 5.97 Å². The first kappa shape index (κ1) is 22.2. The molecule has 0 radical (unpaired) electrons. The van der Waals surface area contributed by atoms with Gasteiger partial charge in [0.05, 0.1) is 18.0 Å². The molecule has 1 aliphatic heterocycles. The Morgan fingerprint density at radius 1 is 1.23 bits per heavy atom. The number of aromatic nitrogens is 1. The number of nitrogens with zero attached hydrogens (tertiary/aromatic N) is 2. The highest BCUT2D eigenvalue weighted by Gasteiger charge is 2.25. The summed E-state index contributed by atoms with van der Waals surface area (Å²) in [6.07, 6.45) is 3.65. The summed E-state index contributed by atoms with van der Waals surface area (Å²) in [6.45, 7) is 3.11. The number of pyridine rings is 1. The Labute approximate surface area is 176 Å². The molecule has 0 bridgehead atoms. The third-order valence-corrected chi connectivity index (χ3v) is 6.82. The van der Waals surface area contributed by atoms with E-state index in [-0.39, 0.29) is 23.9 Å². The number of benzene rings is 1. The molecule has 1 aliphatic rings. The minimum Gasteiger partial charge on any atom is -0.461 e. The number of nitrogens with one attached hydrogen (secondary N) is 1. The summed E-state index contributed by atoms with van der Waals surface area (Å²) < 4.78 is 44.0. The molecule has 9 heteroatoms. The monoisotopic (exact) mass is 435 g/mol. The highest BCUT2D eigenvalue weighted by molar-refractivity contribution is 7.89. The van der Waals surface area contributed by atoms with Gasteiger partial charge < -0.3 is 10.1 Å². The molecule has 0 saturated carbocycles. The Morgan fingerprint density at radius 3 is 2.70 bits per heavy atom. The van der Waals surface area contributed by atoms with Crippen LogP contribution in [0.25, 0.3) is 0 Å². The average molecular weight is 436 g/mol. The van der Waals surface area contributed by atoms with Gasteiger partial charge in [-0.2, -0.15) is 0 Å². The van der Waals surface area contributed by atoms with Crippen LogP contribution in [0.2, 0.25) is 0 Å². The van der Waals surface area contributed by atoms with Crippen LogP contribution in [0.5, 0.6) is 0 Å². The van der Waals surface area contributed by atoms with Crippen molar-refractivity contribution in [2.24, 2.45) is 0 Å². The van der Waals surface area contributed by atoms with Crippen LogP contribution in [-0.4, -0.2) is 55.7 Å². The highest BCUT2D eigenvalue weighted by atomic mass is 32.2. The Hall–Kier alpha value is -2.52. The predicted octanol–water partition coefficient (Wildman–Crippen LogP) is 2.83. The number of sulfonamides is 1. The largest absolute Gasteiger partial charge is 0.461 e. The van der Waals surface area contributed by atoms with Crippen LogP contribution >= 0.6 is 0 Å². The molecule has 1 aromatic carbocycles. The van der Waals surface area contributed by atoms with Crippen molar-refractivity contribution >= 4 is 21.7 Å². The molecule has 1 fully saturated rings. The number of carbonyl (C=O) groups is 1. The molecule has 0 spiro atoms. The summed E-state index contributed by atoms with van der Waals surface area (Å²) in [5.41, 5.74) is 2.39. The van der Waals surface area contributed by atoms with Gasteiger partial charge in [0.25, 0.3) is 0 Å².